The van der Waals surface area contributed by atoms with E-state index < -0.39 is 0 Å². The minimum absolute atomic E-state index is 0.00166. The Bertz CT molecular complexity index is 557. The van der Waals surface area contributed by atoms with Gasteiger partial charge in [-0.05, 0) is 42.3 Å². The zero-order valence-corrected chi connectivity index (χ0v) is 12.8. The molecule has 3 nitrogen and oxygen atoms in total. The molecule has 0 fully saturated rings. The van der Waals surface area contributed by atoms with E-state index in [1.807, 2.05) is 48.5 Å². The van der Waals surface area contributed by atoms with Gasteiger partial charge in [0.15, 0.2) is 0 Å². The first-order valence-corrected chi connectivity index (χ1v) is 7.46. The third kappa shape index (κ3) is 4.66. The second-order valence-corrected chi connectivity index (χ2v) is 5.24. The van der Waals surface area contributed by atoms with Gasteiger partial charge < -0.3 is 15.2 Å². The van der Waals surface area contributed by atoms with E-state index >= 15 is 0 Å². The monoisotopic (exact) mass is 305 g/mol. The molecule has 4 heteroatoms. The van der Waals surface area contributed by atoms with E-state index in [9.17, 15) is 5.11 Å². The van der Waals surface area contributed by atoms with Gasteiger partial charge in [-0.2, -0.15) is 0 Å². The van der Waals surface area contributed by atoms with E-state index in [-0.39, 0.29) is 12.6 Å². The number of halogens is 1. The average Bonchev–Trinajstić information content (AvgIpc) is 2.51. The van der Waals surface area contributed by atoms with Gasteiger partial charge in [0.25, 0.3) is 0 Å². The van der Waals surface area contributed by atoms with Crippen molar-refractivity contribution in [1.29, 1.82) is 0 Å². The first-order valence-electron chi connectivity index (χ1n) is 7.08. The molecule has 21 heavy (non-hydrogen) atoms. The molecule has 2 rings (SSSR count). The van der Waals surface area contributed by atoms with E-state index in [4.69, 9.17) is 16.3 Å². The summed E-state index contributed by atoms with van der Waals surface area (Å²) in [6.07, 6.45) is 0.983. The fraction of sp³-hybridized carbons (Fsp3) is 0.294. The van der Waals surface area contributed by atoms with Crippen LogP contribution < -0.4 is 10.1 Å². The zero-order valence-electron chi connectivity index (χ0n) is 12.1. The number of aliphatic hydroxyl groups is 1. The number of nitrogens with one attached hydrogen (secondary N) is 1. The molecule has 0 bridgehead atoms. The molecule has 0 aliphatic carbocycles. The van der Waals surface area contributed by atoms with E-state index in [0.717, 1.165) is 23.4 Å². The fourth-order valence-corrected chi connectivity index (χ4v) is 2.22. The number of rotatable bonds is 7. The van der Waals surface area contributed by atoms with Crippen molar-refractivity contribution in [3.8, 4) is 5.75 Å². The molecule has 1 unspecified atom stereocenters. The zero-order chi connectivity index (χ0) is 15.1. The standard InChI is InChI=1S/C17H20ClNO2/c1-2-10-21-16-8-6-13(7-9-16)17(12-20)19-15-5-3-4-14(18)11-15/h3-9,11,17,19-20H,2,10,12H2,1H3. The maximum absolute atomic E-state index is 9.59. The molecular formula is C17H20ClNO2. The van der Waals surface area contributed by atoms with Gasteiger partial charge in [0, 0.05) is 10.7 Å². The lowest BCUT2D eigenvalue weighted by atomic mass is 10.1. The van der Waals surface area contributed by atoms with Crippen LogP contribution in [0.15, 0.2) is 48.5 Å². The molecule has 0 saturated carbocycles. The van der Waals surface area contributed by atoms with Crippen LogP contribution in [-0.2, 0) is 0 Å². The number of hydrogen-bond donors (Lipinski definition) is 2. The molecule has 0 amide bonds. The third-order valence-electron chi connectivity index (χ3n) is 3.10. The molecular weight excluding hydrogens is 286 g/mol. The second kappa shape index (κ2) is 7.91. The Morgan fingerprint density at radius 2 is 1.95 bits per heavy atom. The summed E-state index contributed by atoms with van der Waals surface area (Å²) in [6, 6.07) is 15.1. The van der Waals surface area contributed by atoms with Gasteiger partial charge in [0.05, 0.1) is 19.3 Å². The molecule has 1 atom stereocenters. The van der Waals surface area contributed by atoms with E-state index in [2.05, 4.69) is 12.2 Å². The quantitative estimate of drug-likeness (QED) is 0.802. The van der Waals surface area contributed by atoms with Gasteiger partial charge in [-0.25, -0.2) is 0 Å². The van der Waals surface area contributed by atoms with Crippen molar-refractivity contribution in [3.05, 3.63) is 59.1 Å². The van der Waals surface area contributed by atoms with Crippen molar-refractivity contribution < 1.29 is 9.84 Å². The van der Waals surface area contributed by atoms with Crippen LogP contribution in [0.1, 0.15) is 24.9 Å². The minimum Gasteiger partial charge on any atom is -0.494 e. The molecule has 0 aliphatic heterocycles. The molecule has 0 radical (unpaired) electrons. The Morgan fingerprint density at radius 1 is 1.19 bits per heavy atom. The Balaban J connectivity index is 2.06. The molecule has 0 aliphatic rings. The van der Waals surface area contributed by atoms with Gasteiger partial charge in [-0.1, -0.05) is 36.7 Å². The van der Waals surface area contributed by atoms with Crippen LogP contribution in [0.2, 0.25) is 5.02 Å². The molecule has 0 saturated heterocycles. The number of aliphatic hydroxyl groups excluding tert-OH is 1. The van der Waals surface area contributed by atoms with Crippen LogP contribution in [0.3, 0.4) is 0 Å². The van der Waals surface area contributed by atoms with Crippen LogP contribution in [-0.4, -0.2) is 18.3 Å². The highest BCUT2D eigenvalue weighted by atomic mass is 35.5. The van der Waals surface area contributed by atoms with Gasteiger partial charge >= 0.3 is 0 Å². The van der Waals surface area contributed by atoms with Crippen LogP contribution in [0.4, 0.5) is 5.69 Å². The van der Waals surface area contributed by atoms with Crippen molar-refractivity contribution in [1.82, 2.24) is 0 Å². The lowest BCUT2D eigenvalue weighted by Gasteiger charge is -2.18. The summed E-state index contributed by atoms with van der Waals surface area (Å²) in [6.45, 7) is 2.79. The van der Waals surface area contributed by atoms with Gasteiger partial charge in [-0.3, -0.25) is 0 Å². The molecule has 0 heterocycles. The van der Waals surface area contributed by atoms with Gasteiger partial charge in [-0.15, -0.1) is 0 Å². The van der Waals surface area contributed by atoms with Crippen LogP contribution in [0.5, 0.6) is 5.75 Å². The van der Waals surface area contributed by atoms with E-state index in [1.54, 1.807) is 0 Å². The number of anilines is 1. The molecule has 112 valence electrons. The Labute approximate surface area is 130 Å². The summed E-state index contributed by atoms with van der Waals surface area (Å²) in [7, 11) is 0. The van der Waals surface area contributed by atoms with Crippen molar-refractivity contribution in [2.45, 2.75) is 19.4 Å². The molecule has 0 spiro atoms. The summed E-state index contributed by atoms with van der Waals surface area (Å²) in [5.41, 5.74) is 1.88. The topological polar surface area (TPSA) is 41.5 Å². The lowest BCUT2D eigenvalue weighted by Crippen LogP contribution is -2.14. The highest BCUT2D eigenvalue weighted by Gasteiger charge is 2.10. The molecule has 0 aromatic heterocycles. The first-order chi connectivity index (χ1) is 10.2. The van der Waals surface area contributed by atoms with Crippen LogP contribution >= 0.6 is 11.6 Å². The lowest BCUT2D eigenvalue weighted by molar-refractivity contribution is 0.276. The van der Waals surface area contributed by atoms with Gasteiger partial charge in [0.2, 0.25) is 0 Å². The van der Waals surface area contributed by atoms with Crippen molar-refractivity contribution in [3.63, 3.8) is 0 Å². The predicted octanol–water partition coefficient (Wildman–Crippen LogP) is 4.27. The SMILES string of the molecule is CCCOc1ccc(C(CO)Nc2cccc(Cl)c2)cc1. The van der Waals surface area contributed by atoms with E-state index in [0.29, 0.717) is 11.6 Å². The van der Waals surface area contributed by atoms with Crippen LogP contribution in [0.25, 0.3) is 0 Å². The van der Waals surface area contributed by atoms with Crippen molar-refractivity contribution >= 4 is 17.3 Å². The maximum atomic E-state index is 9.59. The average molecular weight is 306 g/mol. The Hall–Kier alpha value is -1.71. The summed E-state index contributed by atoms with van der Waals surface area (Å²) in [5, 5.41) is 13.5. The van der Waals surface area contributed by atoms with Crippen molar-refractivity contribution in [2.75, 3.05) is 18.5 Å². The van der Waals surface area contributed by atoms with E-state index in [1.165, 1.54) is 0 Å². The summed E-state index contributed by atoms with van der Waals surface area (Å²) >= 11 is 5.97. The summed E-state index contributed by atoms with van der Waals surface area (Å²) < 4.78 is 5.56. The second-order valence-electron chi connectivity index (χ2n) is 4.81. The third-order valence-corrected chi connectivity index (χ3v) is 3.34. The fourth-order valence-electron chi connectivity index (χ4n) is 2.03. The molecule has 2 N–H and O–H groups in total. The maximum Gasteiger partial charge on any atom is 0.119 e. The van der Waals surface area contributed by atoms with Crippen molar-refractivity contribution in [2.24, 2.45) is 0 Å². The largest absolute Gasteiger partial charge is 0.494 e. The number of ether oxygens (including phenoxy) is 1. The number of hydrogen-bond acceptors (Lipinski definition) is 3. The normalized spacial score (nSPS) is 12.0. The summed E-state index contributed by atoms with van der Waals surface area (Å²) in [5.74, 6) is 0.847. The first kappa shape index (κ1) is 15.7. The molecule has 2 aromatic rings. The Morgan fingerprint density at radius 3 is 2.57 bits per heavy atom. The number of benzene rings is 2. The smallest absolute Gasteiger partial charge is 0.119 e. The highest BCUT2D eigenvalue weighted by molar-refractivity contribution is 6.30. The van der Waals surface area contributed by atoms with Crippen LogP contribution in [0, 0.1) is 0 Å². The Kier molecular flexibility index (Phi) is 5.90. The predicted molar refractivity (Wildman–Crippen MR) is 87.1 cm³/mol. The minimum atomic E-state index is -0.177. The molecule has 2 aromatic carbocycles. The summed E-state index contributed by atoms with van der Waals surface area (Å²) in [4.78, 5) is 0. The van der Waals surface area contributed by atoms with Gasteiger partial charge in [0.1, 0.15) is 5.75 Å². The highest BCUT2D eigenvalue weighted by Crippen LogP contribution is 2.23.